The Kier molecular flexibility index (Phi) is 5.68. The maximum absolute atomic E-state index is 11.5. The van der Waals surface area contributed by atoms with E-state index in [4.69, 9.17) is 0 Å². The molecule has 124 valence electrons. The monoisotopic (exact) mass is 318 g/mol. The zero-order valence-corrected chi connectivity index (χ0v) is 14.2. The highest BCUT2D eigenvalue weighted by molar-refractivity contribution is 7.91. The van der Waals surface area contributed by atoms with Crippen molar-refractivity contribution < 1.29 is 13.5 Å². The highest BCUT2D eigenvalue weighted by Gasteiger charge is 2.32. The summed E-state index contributed by atoms with van der Waals surface area (Å²) in [6.45, 7) is 8.27. The minimum atomic E-state index is -2.78. The summed E-state index contributed by atoms with van der Waals surface area (Å²) in [7, 11) is -2.78. The van der Waals surface area contributed by atoms with Crippen LogP contribution < -0.4 is 0 Å². The molecule has 0 radical (unpaired) electrons. The first-order valence-corrected chi connectivity index (χ1v) is 10.1. The molecule has 2 heterocycles. The Hall–Kier alpha value is -0.170. The van der Waals surface area contributed by atoms with Crippen LogP contribution in [0.5, 0.6) is 0 Å². The number of hydrogen-bond acceptors (Lipinski definition) is 5. The maximum Gasteiger partial charge on any atom is 0.152 e. The third-order valence-corrected chi connectivity index (χ3v) is 6.90. The molecule has 2 fully saturated rings. The van der Waals surface area contributed by atoms with Gasteiger partial charge in [0.2, 0.25) is 0 Å². The summed E-state index contributed by atoms with van der Waals surface area (Å²) in [4.78, 5) is 4.72. The molecule has 0 spiro atoms. The van der Waals surface area contributed by atoms with Crippen molar-refractivity contribution >= 4 is 9.84 Å². The summed E-state index contributed by atoms with van der Waals surface area (Å²) >= 11 is 0. The van der Waals surface area contributed by atoms with Gasteiger partial charge in [-0.3, -0.25) is 4.90 Å². The van der Waals surface area contributed by atoms with Gasteiger partial charge in [0.15, 0.2) is 9.84 Å². The van der Waals surface area contributed by atoms with Crippen LogP contribution in [0, 0.1) is 0 Å². The van der Waals surface area contributed by atoms with Crippen LogP contribution in [0.15, 0.2) is 0 Å². The molecule has 0 aromatic heterocycles. The predicted molar refractivity (Wildman–Crippen MR) is 85.2 cm³/mol. The van der Waals surface area contributed by atoms with Crippen molar-refractivity contribution in [3.8, 4) is 0 Å². The van der Waals surface area contributed by atoms with Gasteiger partial charge < -0.3 is 10.0 Å². The van der Waals surface area contributed by atoms with Crippen LogP contribution in [0.2, 0.25) is 0 Å². The smallest absolute Gasteiger partial charge is 0.152 e. The van der Waals surface area contributed by atoms with Crippen molar-refractivity contribution in [2.45, 2.75) is 51.2 Å². The van der Waals surface area contributed by atoms with Crippen molar-refractivity contribution in [2.75, 3.05) is 44.2 Å². The summed E-state index contributed by atoms with van der Waals surface area (Å²) in [6, 6.07) is 0.521. The summed E-state index contributed by atoms with van der Waals surface area (Å²) in [6.07, 6.45) is 3.77. The molecule has 5 nitrogen and oxygen atoms in total. The third-order valence-electron chi connectivity index (χ3n) is 5.29. The van der Waals surface area contributed by atoms with E-state index in [2.05, 4.69) is 9.80 Å². The number of likely N-dealkylation sites (tertiary alicyclic amines) is 1. The second-order valence-electron chi connectivity index (χ2n) is 6.63. The topological polar surface area (TPSA) is 60.9 Å². The lowest BCUT2D eigenvalue weighted by molar-refractivity contribution is -0.0149. The second kappa shape index (κ2) is 6.94. The molecule has 2 aliphatic rings. The normalized spacial score (nSPS) is 26.0. The molecule has 0 amide bonds. The average molecular weight is 318 g/mol. The van der Waals surface area contributed by atoms with Gasteiger partial charge in [-0.2, -0.15) is 0 Å². The summed E-state index contributed by atoms with van der Waals surface area (Å²) in [5, 5.41) is 10.4. The molecule has 0 atom stereocenters. The summed E-state index contributed by atoms with van der Waals surface area (Å²) < 4.78 is 23.0. The third kappa shape index (κ3) is 4.65. The van der Waals surface area contributed by atoms with Gasteiger partial charge in [-0.15, -0.1) is 0 Å². The Labute approximate surface area is 129 Å². The Morgan fingerprint density at radius 1 is 1.05 bits per heavy atom. The average Bonchev–Trinajstić information content (AvgIpc) is 2.48. The standard InChI is InChI=1S/C15H30N2O3S/c1-3-15(18,4-2)13-16-7-5-14(6-8-16)17-9-11-21(19,20)12-10-17/h14,18H,3-13H2,1-2H3. The van der Waals surface area contributed by atoms with Crippen LogP contribution in [-0.4, -0.2) is 79.2 Å². The van der Waals surface area contributed by atoms with Crippen LogP contribution in [-0.2, 0) is 9.84 Å². The molecule has 0 aromatic carbocycles. The fourth-order valence-electron chi connectivity index (χ4n) is 3.42. The van der Waals surface area contributed by atoms with Gasteiger partial charge in [-0.05, 0) is 38.8 Å². The zero-order chi connectivity index (χ0) is 15.5. The van der Waals surface area contributed by atoms with Gasteiger partial charge in [0.25, 0.3) is 0 Å². The minimum Gasteiger partial charge on any atom is -0.389 e. The van der Waals surface area contributed by atoms with E-state index in [9.17, 15) is 13.5 Å². The van der Waals surface area contributed by atoms with Gasteiger partial charge in [0.1, 0.15) is 0 Å². The van der Waals surface area contributed by atoms with Crippen LogP contribution in [0.25, 0.3) is 0 Å². The van der Waals surface area contributed by atoms with Crippen molar-refractivity contribution in [1.29, 1.82) is 0 Å². The van der Waals surface area contributed by atoms with Crippen molar-refractivity contribution in [2.24, 2.45) is 0 Å². The van der Waals surface area contributed by atoms with Crippen LogP contribution in [0.4, 0.5) is 0 Å². The fraction of sp³-hybridized carbons (Fsp3) is 1.00. The number of sulfone groups is 1. The summed E-state index contributed by atoms with van der Waals surface area (Å²) in [5.74, 6) is 0.636. The Bertz CT molecular complexity index is 412. The van der Waals surface area contributed by atoms with E-state index in [1.807, 2.05) is 13.8 Å². The van der Waals surface area contributed by atoms with E-state index >= 15 is 0 Å². The molecular weight excluding hydrogens is 288 g/mol. The molecule has 0 bridgehead atoms. The quantitative estimate of drug-likeness (QED) is 0.810. The molecule has 21 heavy (non-hydrogen) atoms. The number of nitrogens with zero attached hydrogens (tertiary/aromatic N) is 2. The number of piperidine rings is 1. The second-order valence-corrected chi connectivity index (χ2v) is 8.93. The van der Waals surface area contributed by atoms with Crippen molar-refractivity contribution in [1.82, 2.24) is 9.80 Å². The van der Waals surface area contributed by atoms with E-state index in [0.717, 1.165) is 45.3 Å². The number of aliphatic hydroxyl groups is 1. The van der Waals surface area contributed by atoms with Crippen molar-refractivity contribution in [3.63, 3.8) is 0 Å². The van der Waals surface area contributed by atoms with Crippen LogP contribution in [0.3, 0.4) is 0 Å². The zero-order valence-electron chi connectivity index (χ0n) is 13.4. The largest absolute Gasteiger partial charge is 0.389 e. The molecule has 2 aliphatic heterocycles. The highest BCUT2D eigenvalue weighted by Crippen LogP contribution is 2.22. The lowest BCUT2D eigenvalue weighted by Gasteiger charge is -2.42. The lowest BCUT2D eigenvalue weighted by atomic mass is 9.94. The van der Waals surface area contributed by atoms with Gasteiger partial charge in [-0.1, -0.05) is 13.8 Å². The molecule has 6 heteroatoms. The maximum atomic E-state index is 11.5. The van der Waals surface area contributed by atoms with E-state index in [1.165, 1.54) is 0 Å². The molecule has 0 aliphatic carbocycles. The van der Waals surface area contributed by atoms with E-state index in [0.29, 0.717) is 30.6 Å². The molecule has 1 N–H and O–H groups in total. The number of hydrogen-bond donors (Lipinski definition) is 1. The molecular formula is C15H30N2O3S. The van der Waals surface area contributed by atoms with Crippen molar-refractivity contribution in [3.05, 3.63) is 0 Å². The van der Waals surface area contributed by atoms with Gasteiger partial charge in [-0.25, -0.2) is 8.42 Å². The Morgan fingerprint density at radius 2 is 1.57 bits per heavy atom. The molecule has 2 saturated heterocycles. The van der Waals surface area contributed by atoms with Crippen LogP contribution >= 0.6 is 0 Å². The molecule has 2 rings (SSSR count). The number of rotatable bonds is 5. The molecule has 0 unspecified atom stereocenters. The predicted octanol–water partition coefficient (Wildman–Crippen LogP) is 0.732. The van der Waals surface area contributed by atoms with E-state index < -0.39 is 15.4 Å². The first-order chi connectivity index (χ1) is 9.87. The minimum absolute atomic E-state index is 0.318. The number of β-amino-alcohol motifs (C(OH)–C–C–N with tert-alkyl or cyclic N) is 1. The Morgan fingerprint density at radius 3 is 2.05 bits per heavy atom. The molecule has 0 aromatic rings. The highest BCUT2D eigenvalue weighted by atomic mass is 32.2. The van der Waals surface area contributed by atoms with Gasteiger partial charge >= 0.3 is 0 Å². The van der Waals surface area contributed by atoms with Gasteiger partial charge in [0, 0.05) is 25.7 Å². The SMILES string of the molecule is CCC(O)(CC)CN1CCC(N2CCS(=O)(=O)CC2)CC1. The first-order valence-electron chi connectivity index (χ1n) is 8.26. The van der Waals surface area contributed by atoms with E-state index in [-0.39, 0.29) is 0 Å². The first kappa shape index (κ1) is 17.2. The molecule has 0 saturated carbocycles. The summed E-state index contributed by atoms with van der Waals surface area (Å²) in [5.41, 5.74) is -0.550. The lowest BCUT2D eigenvalue weighted by Crippen LogP contribution is -2.52. The van der Waals surface area contributed by atoms with Gasteiger partial charge in [0.05, 0.1) is 17.1 Å². The van der Waals surface area contributed by atoms with Crippen LogP contribution in [0.1, 0.15) is 39.5 Å². The Balaban J connectivity index is 1.78. The fourth-order valence-corrected chi connectivity index (χ4v) is 4.65. The van der Waals surface area contributed by atoms with E-state index in [1.54, 1.807) is 0 Å².